The van der Waals surface area contributed by atoms with Gasteiger partial charge in [-0.05, 0) is 26.0 Å². The van der Waals surface area contributed by atoms with Crippen LogP contribution in [0.1, 0.15) is 20.3 Å². The SMILES string of the molecule is CC1(C)COCCN1C(=O)CCOc1ccccc1N. The van der Waals surface area contributed by atoms with Crippen molar-refractivity contribution in [3.8, 4) is 5.75 Å². The van der Waals surface area contributed by atoms with Crippen molar-refractivity contribution in [2.45, 2.75) is 25.8 Å². The fourth-order valence-electron chi connectivity index (χ4n) is 2.32. The van der Waals surface area contributed by atoms with Crippen molar-refractivity contribution in [3.63, 3.8) is 0 Å². The lowest BCUT2D eigenvalue weighted by molar-refractivity contribution is -0.146. The van der Waals surface area contributed by atoms with Crippen molar-refractivity contribution in [2.75, 3.05) is 32.1 Å². The number of nitrogens with two attached hydrogens (primary N) is 1. The minimum atomic E-state index is -0.249. The highest BCUT2D eigenvalue weighted by molar-refractivity contribution is 5.77. The number of morpholine rings is 1. The second-order valence-electron chi connectivity index (χ2n) is 5.55. The molecule has 0 atom stereocenters. The molecular weight excluding hydrogens is 256 g/mol. The van der Waals surface area contributed by atoms with Gasteiger partial charge in [-0.2, -0.15) is 0 Å². The predicted octanol–water partition coefficient (Wildman–Crippen LogP) is 1.68. The number of carbonyl (C=O) groups is 1. The molecule has 1 fully saturated rings. The zero-order valence-corrected chi connectivity index (χ0v) is 12.1. The molecule has 1 aromatic rings. The first kappa shape index (κ1) is 14.7. The molecule has 0 saturated carbocycles. The first-order chi connectivity index (χ1) is 9.50. The molecule has 0 radical (unpaired) electrons. The second kappa shape index (κ2) is 6.13. The predicted molar refractivity (Wildman–Crippen MR) is 77.6 cm³/mol. The summed E-state index contributed by atoms with van der Waals surface area (Å²) in [5.74, 6) is 0.717. The number of rotatable bonds is 4. The Morgan fingerprint density at radius 2 is 2.20 bits per heavy atom. The fraction of sp³-hybridized carbons (Fsp3) is 0.533. The summed E-state index contributed by atoms with van der Waals surface area (Å²) in [6, 6.07) is 7.29. The molecule has 0 unspecified atom stereocenters. The molecule has 0 bridgehead atoms. The van der Waals surface area contributed by atoms with Gasteiger partial charge in [0, 0.05) is 6.54 Å². The molecule has 1 heterocycles. The van der Waals surface area contributed by atoms with E-state index in [4.69, 9.17) is 15.2 Å². The van der Waals surface area contributed by atoms with E-state index in [0.717, 1.165) is 0 Å². The number of carbonyl (C=O) groups excluding carboxylic acids is 1. The zero-order chi connectivity index (χ0) is 14.6. The summed E-state index contributed by atoms with van der Waals surface area (Å²) in [4.78, 5) is 14.1. The van der Waals surface area contributed by atoms with E-state index in [-0.39, 0.29) is 11.4 Å². The Labute approximate surface area is 119 Å². The maximum atomic E-state index is 12.2. The summed E-state index contributed by atoms with van der Waals surface area (Å²) in [6.45, 7) is 6.17. The van der Waals surface area contributed by atoms with Crippen molar-refractivity contribution in [3.05, 3.63) is 24.3 Å². The first-order valence-corrected chi connectivity index (χ1v) is 6.86. The second-order valence-corrected chi connectivity index (χ2v) is 5.55. The van der Waals surface area contributed by atoms with E-state index >= 15 is 0 Å². The van der Waals surface area contributed by atoms with E-state index in [2.05, 4.69) is 0 Å². The standard InChI is InChI=1S/C15H22N2O3/c1-15(2)11-19-10-8-17(15)14(18)7-9-20-13-6-4-3-5-12(13)16/h3-6H,7-11,16H2,1-2H3. The summed E-state index contributed by atoms with van der Waals surface area (Å²) in [5.41, 5.74) is 6.13. The van der Waals surface area contributed by atoms with Crippen LogP contribution in [-0.4, -0.2) is 42.7 Å². The third-order valence-electron chi connectivity index (χ3n) is 3.44. The molecule has 0 aliphatic carbocycles. The van der Waals surface area contributed by atoms with Crippen LogP contribution in [0.15, 0.2) is 24.3 Å². The number of hydrogen-bond acceptors (Lipinski definition) is 4. The van der Waals surface area contributed by atoms with Gasteiger partial charge in [0.2, 0.25) is 5.91 Å². The van der Waals surface area contributed by atoms with Crippen LogP contribution in [0, 0.1) is 0 Å². The number of ether oxygens (including phenoxy) is 2. The van der Waals surface area contributed by atoms with Gasteiger partial charge in [0.25, 0.3) is 0 Å². The molecule has 5 heteroatoms. The summed E-state index contributed by atoms with van der Waals surface area (Å²) in [5, 5.41) is 0. The molecule has 2 rings (SSSR count). The third kappa shape index (κ3) is 3.42. The van der Waals surface area contributed by atoms with Crippen LogP contribution >= 0.6 is 0 Å². The molecule has 5 nitrogen and oxygen atoms in total. The average molecular weight is 278 g/mol. The normalized spacial score (nSPS) is 17.8. The van der Waals surface area contributed by atoms with Crippen molar-refractivity contribution in [1.82, 2.24) is 4.90 Å². The lowest BCUT2D eigenvalue weighted by atomic mass is 10.0. The zero-order valence-electron chi connectivity index (χ0n) is 12.1. The minimum absolute atomic E-state index is 0.0906. The Morgan fingerprint density at radius 1 is 1.45 bits per heavy atom. The van der Waals surface area contributed by atoms with Gasteiger partial charge in [0.05, 0.1) is 37.5 Å². The van der Waals surface area contributed by atoms with E-state index in [1.807, 2.05) is 30.9 Å². The summed E-state index contributed by atoms with van der Waals surface area (Å²) in [7, 11) is 0. The Bertz CT molecular complexity index is 474. The van der Waals surface area contributed by atoms with Crippen LogP contribution in [0.5, 0.6) is 5.75 Å². The molecule has 0 aromatic heterocycles. The lowest BCUT2D eigenvalue weighted by Gasteiger charge is -2.42. The lowest BCUT2D eigenvalue weighted by Crippen LogP contribution is -2.55. The number of anilines is 1. The summed E-state index contributed by atoms with van der Waals surface area (Å²) < 4.78 is 11.0. The van der Waals surface area contributed by atoms with Crippen LogP contribution in [0.2, 0.25) is 0 Å². The highest BCUT2D eigenvalue weighted by Gasteiger charge is 2.33. The van der Waals surface area contributed by atoms with Gasteiger partial charge in [-0.1, -0.05) is 12.1 Å². The Hall–Kier alpha value is -1.75. The molecule has 1 saturated heterocycles. The molecule has 1 aliphatic heterocycles. The van der Waals surface area contributed by atoms with Crippen molar-refractivity contribution in [1.29, 1.82) is 0 Å². The number of nitrogen functional groups attached to an aromatic ring is 1. The maximum Gasteiger partial charge on any atom is 0.226 e. The first-order valence-electron chi connectivity index (χ1n) is 6.86. The molecule has 110 valence electrons. The van der Waals surface area contributed by atoms with Crippen molar-refractivity contribution in [2.24, 2.45) is 0 Å². The molecule has 1 amide bonds. The van der Waals surface area contributed by atoms with Gasteiger partial charge < -0.3 is 20.1 Å². The third-order valence-corrected chi connectivity index (χ3v) is 3.44. The average Bonchev–Trinajstić information content (AvgIpc) is 2.40. The van der Waals surface area contributed by atoms with Gasteiger partial charge in [-0.15, -0.1) is 0 Å². The molecule has 1 aromatic carbocycles. The molecule has 0 spiro atoms. The fourth-order valence-corrected chi connectivity index (χ4v) is 2.32. The van der Waals surface area contributed by atoms with E-state index in [9.17, 15) is 4.79 Å². The Balaban J connectivity index is 1.85. The molecular formula is C15H22N2O3. The number of amides is 1. The van der Waals surface area contributed by atoms with Gasteiger partial charge in [0.1, 0.15) is 5.75 Å². The van der Waals surface area contributed by atoms with E-state index < -0.39 is 0 Å². The van der Waals surface area contributed by atoms with Crippen LogP contribution in [0.4, 0.5) is 5.69 Å². The van der Waals surface area contributed by atoms with Gasteiger partial charge in [-0.25, -0.2) is 0 Å². The Kier molecular flexibility index (Phi) is 4.49. The largest absolute Gasteiger partial charge is 0.491 e. The number of nitrogens with zero attached hydrogens (tertiary/aromatic N) is 1. The Morgan fingerprint density at radius 3 is 2.90 bits per heavy atom. The van der Waals surface area contributed by atoms with Gasteiger partial charge in [0.15, 0.2) is 0 Å². The number of benzene rings is 1. The van der Waals surface area contributed by atoms with Gasteiger partial charge >= 0.3 is 0 Å². The van der Waals surface area contributed by atoms with E-state index in [0.29, 0.717) is 44.2 Å². The highest BCUT2D eigenvalue weighted by atomic mass is 16.5. The smallest absolute Gasteiger partial charge is 0.226 e. The van der Waals surface area contributed by atoms with Crippen molar-refractivity contribution < 1.29 is 14.3 Å². The minimum Gasteiger partial charge on any atom is -0.491 e. The van der Waals surface area contributed by atoms with E-state index in [1.165, 1.54) is 0 Å². The van der Waals surface area contributed by atoms with Gasteiger partial charge in [-0.3, -0.25) is 4.79 Å². The van der Waals surface area contributed by atoms with Crippen LogP contribution in [0.25, 0.3) is 0 Å². The van der Waals surface area contributed by atoms with Crippen LogP contribution in [0.3, 0.4) is 0 Å². The number of hydrogen-bond donors (Lipinski definition) is 1. The topological polar surface area (TPSA) is 64.8 Å². The summed E-state index contributed by atoms with van der Waals surface area (Å²) >= 11 is 0. The van der Waals surface area contributed by atoms with Crippen LogP contribution in [-0.2, 0) is 9.53 Å². The molecule has 20 heavy (non-hydrogen) atoms. The maximum absolute atomic E-state index is 12.2. The van der Waals surface area contributed by atoms with E-state index in [1.54, 1.807) is 12.1 Å². The quantitative estimate of drug-likeness (QED) is 0.851. The summed E-state index contributed by atoms with van der Waals surface area (Å²) in [6.07, 6.45) is 0.345. The van der Waals surface area contributed by atoms with Crippen molar-refractivity contribution >= 4 is 11.6 Å². The molecule has 1 aliphatic rings. The number of para-hydroxylation sites is 2. The monoisotopic (exact) mass is 278 g/mol. The highest BCUT2D eigenvalue weighted by Crippen LogP contribution is 2.22. The van der Waals surface area contributed by atoms with Crippen LogP contribution < -0.4 is 10.5 Å². The molecule has 2 N–H and O–H groups in total.